The van der Waals surface area contributed by atoms with Gasteiger partial charge < -0.3 is 10.1 Å². The summed E-state index contributed by atoms with van der Waals surface area (Å²) in [5, 5.41) is 2.62. The number of carbonyl (C=O) groups excluding carboxylic acids is 1. The molecule has 0 unspecified atom stereocenters. The van der Waals surface area contributed by atoms with Gasteiger partial charge in [-0.25, -0.2) is 12.8 Å². The molecule has 8 heteroatoms. The third-order valence-electron chi connectivity index (χ3n) is 3.02. The molecule has 1 rings (SSSR count). The van der Waals surface area contributed by atoms with Crippen LogP contribution in [0.3, 0.4) is 0 Å². The predicted molar refractivity (Wildman–Crippen MR) is 82.7 cm³/mol. The molecular formula is C14H21FN2O4S. The molecule has 0 bridgehead atoms. The number of rotatable bonds is 8. The third kappa shape index (κ3) is 4.96. The van der Waals surface area contributed by atoms with Gasteiger partial charge in [0.05, 0.1) is 18.6 Å². The number of amides is 1. The molecule has 1 amide bonds. The van der Waals surface area contributed by atoms with Crippen molar-refractivity contribution in [3.8, 4) is 0 Å². The summed E-state index contributed by atoms with van der Waals surface area (Å²) in [7, 11) is -2.19. The molecule has 0 saturated carbocycles. The maximum atomic E-state index is 13.0. The Balaban J connectivity index is 3.08. The molecule has 0 saturated heterocycles. The van der Waals surface area contributed by atoms with E-state index in [1.807, 2.05) is 0 Å². The second-order valence-corrected chi connectivity index (χ2v) is 6.60. The fraction of sp³-hybridized carbons (Fsp3) is 0.500. The molecule has 124 valence electrons. The van der Waals surface area contributed by atoms with Crippen molar-refractivity contribution in [2.75, 3.05) is 30.8 Å². The van der Waals surface area contributed by atoms with Crippen molar-refractivity contribution in [3.05, 3.63) is 30.1 Å². The molecule has 1 aromatic carbocycles. The van der Waals surface area contributed by atoms with Crippen LogP contribution in [-0.4, -0.2) is 46.9 Å². The van der Waals surface area contributed by atoms with Gasteiger partial charge in [0, 0.05) is 13.7 Å². The summed E-state index contributed by atoms with van der Waals surface area (Å²) in [4.78, 5) is 12.2. The average Bonchev–Trinajstić information content (AvgIpc) is 2.44. The van der Waals surface area contributed by atoms with Crippen LogP contribution in [0.2, 0.25) is 0 Å². The van der Waals surface area contributed by atoms with Gasteiger partial charge in [-0.1, -0.05) is 6.92 Å². The van der Waals surface area contributed by atoms with E-state index in [1.54, 1.807) is 6.92 Å². The molecule has 1 atom stereocenters. The normalized spacial score (nSPS) is 12.7. The summed E-state index contributed by atoms with van der Waals surface area (Å²) < 4.78 is 43.0. The number of nitrogens with one attached hydrogen (secondary N) is 1. The van der Waals surface area contributed by atoms with Gasteiger partial charge in [0.15, 0.2) is 0 Å². The van der Waals surface area contributed by atoms with E-state index in [0.29, 0.717) is 6.61 Å². The van der Waals surface area contributed by atoms with E-state index in [-0.39, 0.29) is 18.7 Å². The zero-order valence-corrected chi connectivity index (χ0v) is 13.7. The first-order chi connectivity index (χ1) is 10.3. The van der Waals surface area contributed by atoms with E-state index >= 15 is 0 Å². The van der Waals surface area contributed by atoms with Crippen LogP contribution in [0.15, 0.2) is 24.3 Å². The Hall–Kier alpha value is -1.67. The van der Waals surface area contributed by atoms with Gasteiger partial charge in [0.2, 0.25) is 15.9 Å². The molecule has 0 heterocycles. The standard InChI is InChI=1S/C14H21FN2O4S/c1-4-13(14(18)16-9-10-21-2)17(22(3,19)20)12-7-5-11(15)6-8-12/h5-8,13H,4,9-10H2,1-3H3,(H,16,18)/t13-/m1/s1. The number of methoxy groups -OCH3 is 1. The highest BCUT2D eigenvalue weighted by atomic mass is 32.2. The fourth-order valence-electron chi connectivity index (χ4n) is 2.04. The smallest absolute Gasteiger partial charge is 0.243 e. The number of benzene rings is 1. The van der Waals surface area contributed by atoms with E-state index in [9.17, 15) is 17.6 Å². The first kappa shape index (κ1) is 18.4. The number of hydrogen-bond donors (Lipinski definition) is 1. The Morgan fingerprint density at radius 3 is 2.41 bits per heavy atom. The van der Waals surface area contributed by atoms with Crippen LogP contribution in [0.5, 0.6) is 0 Å². The highest BCUT2D eigenvalue weighted by molar-refractivity contribution is 7.92. The average molecular weight is 332 g/mol. The minimum atomic E-state index is -3.70. The molecule has 6 nitrogen and oxygen atoms in total. The topological polar surface area (TPSA) is 75.7 Å². The van der Waals surface area contributed by atoms with Gasteiger partial charge in [-0.3, -0.25) is 9.10 Å². The summed E-state index contributed by atoms with van der Waals surface area (Å²) in [5.74, 6) is -0.899. The van der Waals surface area contributed by atoms with E-state index in [4.69, 9.17) is 4.74 Å². The van der Waals surface area contributed by atoms with Crippen LogP contribution in [0.25, 0.3) is 0 Å². The molecule has 0 spiro atoms. The van der Waals surface area contributed by atoms with Crippen LogP contribution in [0.1, 0.15) is 13.3 Å². The first-order valence-corrected chi connectivity index (χ1v) is 8.67. The van der Waals surface area contributed by atoms with Crippen LogP contribution < -0.4 is 9.62 Å². The van der Waals surface area contributed by atoms with Gasteiger partial charge in [0.1, 0.15) is 11.9 Å². The molecule has 0 aromatic heterocycles. The number of halogens is 1. The lowest BCUT2D eigenvalue weighted by Gasteiger charge is -2.30. The Morgan fingerprint density at radius 2 is 1.95 bits per heavy atom. The second-order valence-electron chi connectivity index (χ2n) is 4.74. The fourth-order valence-corrected chi connectivity index (χ4v) is 3.25. The third-order valence-corrected chi connectivity index (χ3v) is 4.20. The Labute approximate surface area is 130 Å². The van der Waals surface area contributed by atoms with Crippen molar-refractivity contribution < 1.29 is 22.3 Å². The Kier molecular flexibility index (Phi) is 6.76. The molecule has 0 aliphatic heterocycles. The predicted octanol–water partition coefficient (Wildman–Crippen LogP) is 1.13. The minimum Gasteiger partial charge on any atom is -0.383 e. The summed E-state index contributed by atoms with van der Waals surface area (Å²) in [6, 6.07) is 4.08. The lowest BCUT2D eigenvalue weighted by Crippen LogP contribution is -2.49. The molecule has 0 fully saturated rings. The summed E-state index contributed by atoms with van der Waals surface area (Å²) in [6.45, 7) is 2.33. The molecule has 0 aliphatic carbocycles. The molecular weight excluding hydrogens is 311 g/mol. The van der Waals surface area contributed by atoms with Gasteiger partial charge >= 0.3 is 0 Å². The lowest BCUT2D eigenvalue weighted by atomic mass is 10.2. The molecule has 1 N–H and O–H groups in total. The van der Waals surface area contributed by atoms with E-state index in [1.165, 1.54) is 19.2 Å². The quantitative estimate of drug-likeness (QED) is 0.724. The zero-order valence-electron chi connectivity index (χ0n) is 12.9. The number of hydrogen-bond acceptors (Lipinski definition) is 4. The molecule has 0 radical (unpaired) electrons. The summed E-state index contributed by atoms with van der Waals surface area (Å²) in [5.41, 5.74) is 0.248. The largest absolute Gasteiger partial charge is 0.383 e. The van der Waals surface area contributed by atoms with Crippen molar-refractivity contribution in [1.29, 1.82) is 0 Å². The van der Waals surface area contributed by atoms with E-state index < -0.39 is 27.8 Å². The van der Waals surface area contributed by atoms with E-state index in [0.717, 1.165) is 22.7 Å². The van der Waals surface area contributed by atoms with Crippen LogP contribution in [-0.2, 0) is 19.6 Å². The van der Waals surface area contributed by atoms with E-state index in [2.05, 4.69) is 5.32 Å². The second kappa shape index (κ2) is 8.09. The van der Waals surface area contributed by atoms with Crippen molar-refractivity contribution in [2.24, 2.45) is 0 Å². The SMILES string of the molecule is CC[C@H](C(=O)NCCOC)N(c1ccc(F)cc1)S(C)(=O)=O. The van der Waals surface area contributed by atoms with Crippen molar-refractivity contribution >= 4 is 21.6 Å². The Morgan fingerprint density at radius 1 is 1.36 bits per heavy atom. The van der Waals surface area contributed by atoms with Gasteiger partial charge in [-0.2, -0.15) is 0 Å². The molecule has 0 aliphatic rings. The highest BCUT2D eigenvalue weighted by Gasteiger charge is 2.31. The highest BCUT2D eigenvalue weighted by Crippen LogP contribution is 2.22. The summed E-state index contributed by atoms with van der Waals surface area (Å²) >= 11 is 0. The zero-order chi connectivity index (χ0) is 16.8. The molecule has 1 aromatic rings. The van der Waals surface area contributed by atoms with Crippen molar-refractivity contribution in [2.45, 2.75) is 19.4 Å². The number of nitrogens with zero attached hydrogens (tertiary/aromatic N) is 1. The molecule has 22 heavy (non-hydrogen) atoms. The first-order valence-electron chi connectivity index (χ1n) is 6.82. The number of sulfonamides is 1. The Bertz CT molecular complexity index is 589. The summed E-state index contributed by atoms with van der Waals surface area (Å²) in [6.07, 6.45) is 1.30. The maximum Gasteiger partial charge on any atom is 0.243 e. The lowest BCUT2D eigenvalue weighted by molar-refractivity contribution is -0.122. The van der Waals surface area contributed by atoms with Crippen molar-refractivity contribution in [1.82, 2.24) is 5.32 Å². The van der Waals surface area contributed by atoms with Gasteiger partial charge in [-0.15, -0.1) is 0 Å². The maximum absolute atomic E-state index is 13.0. The van der Waals surface area contributed by atoms with Crippen LogP contribution >= 0.6 is 0 Å². The number of ether oxygens (including phenoxy) is 1. The van der Waals surface area contributed by atoms with Crippen LogP contribution in [0.4, 0.5) is 10.1 Å². The van der Waals surface area contributed by atoms with Crippen LogP contribution in [0, 0.1) is 5.82 Å². The monoisotopic (exact) mass is 332 g/mol. The van der Waals surface area contributed by atoms with Gasteiger partial charge in [-0.05, 0) is 30.7 Å². The number of anilines is 1. The van der Waals surface area contributed by atoms with Crippen molar-refractivity contribution in [3.63, 3.8) is 0 Å². The number of carbonyl (C=O) groups is 1. The van der Waals surface area contributed by atoms with Gasteiger partial charge in [0.25, 0.3) is 0 Å². The minimum absolute atomic E-state index is 0.248.